The average molecular weight is 541 g/mol. The summed E-state index contributed by atoms with van der Waals surface area (Å²) in [6.45, 7) is 0.773. The van der Waals surface area contributed by atoms with Gasteiger partial charge in [0.1, 0.15) is 17.5 Å². The summed E-state index contributed by atoms with van der Waals surface area (Å²) in [5.41, 5.74) is 3.45. The Labute approximate surface area is 231 Å². The summed E-state index contributed by atoms with van der Waals surface area (Å²) in [7, 11) is 0. The summed E-state index contributed by atoms with van der Waals surface area (Å²) >= 11 is 0. The van der Waals surface area contributed by atoms with Gasteiger partial charge in [-0.3, -0.25) is 9.59 Å². The molecular formula is C32H30F2N4O2. The Morgan fingerprint density at radius 2 is 1.77 bits per heavy atom. The number of halogens is 2. The van der Waals surface area contributed by atoms with Gasteiger partial charge in [0.05, 0.1) is 17.0 Å². The maximum Gasteiger partial charge on any atom is 0.243 e. The number of carbonyl (C=O) groups is 2. The number of nitrogens with zero attached hydrogens (tertiary/aromatic N) is 2. The molecule has 1 saturated carbocycles. The molecule has 2 spiro atoms. The molecule has 204 valence electrons. The summed E-state index contributed by atoms with van der Waals surface area (Å²) < 4.78 is 28.2. The van der Waals surface area contributed by atoms with E-state index in [1.807, 2.05) is 30.4 Å². The molecule has 40 heavy (non-hydrogen) atoms. The number of carbonyl (C=O) groups excluding carboxylic acids is 2. The van der Waals surface area contributed by atoms with Gasteiger partial charge in [-0.05, 0) is 66.1 Å². The van der Waals surface area contributed by atoms with Crippen LogP contribution in [0.3, 0.4) is 0 Å². The van der Waals surface area contributed by atoms with Crippen molar-refractivity contribution in [1.29, 1.82) is 0 Å². The number of anilines is 1. The van der Waals surface area contributed by atoms with Crippen molar-refractivity contribution >= 4 is 23.7 Å². The second kappa shape index (κ2) is 9.34. The van der Waals surface area contributed by atoms with Crippen molar-refractivity contribution in [3.63, 3.8) is 0 Å². The molecule has 2 aromatic carbocycles. The third-order valence-electron chi connectivity index (χ3n) is 9.22. The molecule has 2 aliphatic heterocycles. The number of hydrogen-bond acceptors (Lipinski definition) is 4. The third kappa shape index (κ3) is 3.96. The van der Waals surface area contributed by atoms with E-state index in [-0.39, 0.29) is 11.8 Å². The van der Waals surface area contributed by atoms with E-state index >= 15 is 0 Å². The summed E-state index contributed by atoms with van der Waals surface area (Å²) in [4.78, 5) is 32.9. The summed E-state index contributed by atoms with van der Waals surface area (Å²) in [5, 5.41) is 6.38. The van der Waals surface area contributed by atoms with Crippen LogP contribution >= 0.6 is 0 Å². The number of piperazine rings is 1. The quantitative estimate of drug-likeness (QED) is 0.497. The van der Waals surface area contributed by atoms with Gasteiger partial charge in [0.25, 0.3) is 0 Å². The van der Waals surface area contributed by atoms with E-state index in [1.54, 1.807) is 11.1 Å². The van der Waals surface area contributed by atoms with Gasteiger partial charge in [0.15, 0.2) is 0 Å². The second-order valence-corrected chi connectivity index (χ2v) is 11.6. The van der Waals surface area contributed by atoms with Crippen LogP contribution in [0.15, 0.2) is 60.8 Å². The molecule has 0 unspecified atom stereocenters. The Bertz CT molecular complexity index is 1540. The SMILES string of the molecule is O=C1N(C/C=C/c2ccc3c(c2)C[C@@]2(C3)C(=O)Nc3ncccc32)[C@H](c2cc(F)cc(F)c2)CNC12CCCC2. The number of nitrogens with one attached hydrogen (secondary N) is 2. The van der Waals surface area contributed by atoms with Crippen molar-refractivity contribution in [1.82, 2.24) is 15.2 Å². The lowest BCUT2D eigenvalue weighted by molar-refractivity contribution is -0.144. The van der Waals surface area contributed by atoms with E-state index in [9.17, 15) is 18.4 Å². The lowest BCUT2D eigenvalue weighted by Gasteiger charge is -2.45. The van der Waals surface area contributed by atoms with Gasteiger partial charge < -0.3 is 15.5 Å². The summed E-state index contributed by atoms with van der Waals surface area (Å²) in [5.74, 6) is -0.666. The minimum atomic E-state index is -0.649. The fourth-order valence-electron chi connectivity index (χ4n) is 7.23. The number of hydrogen-bond donors (Lipinski definition) is 2. The van der Waals surface area contributed by atoms with Crippen molar-refractivity contribution in [3.05, 3.63) is 100 Å². The number of rotatable bonds is 4. The summed E-state index contributed by atoms with van der Waals surface area (Å²) in [6.07, 6.45) is 10.4. The Morgan fingerprint density at radius 1 is 1.00 bits per heavy atom. The molecule has 3 heterocycles. The molecule has 3 aromatic rings. The highest BCUT2D eigenvalue weighted by Gasteiger charge is 2.51. The first-order valence-electron chi connectivity index (χ1n) is 13.9. The number of benzene rings is 2. The van der Waals surface area contributed by atoms with Crippen LogP contribution in [-0.4, -0.2) is 40.3 Å². The monoisotopic (exact) mass is 540 g/mol. The van der Waals surface area contributed by atoms with E-state index < -0.39 is 28.6 Å². The fourth-order valence-corrected chi connectivity index (χ4v) is 7.23. The number of aromatic nitrogens is 1. The minimum absolute atomic E-state index is 0.00705. The maximum atomic E-state index is 14.1. The molecule has 2 amide bonds. The van der Waals surface area contributed by atoms with Crippen molar-refractivity contribution < 1.29 is 18.4 Å². The largest absolute Gasteiger partial charge is 0.329 e. The number of amides is 2. The zero-order chi connectivity index (χ0) is 27.5. The maximum absolute atomic E-state index is 14.1. The van der Waals surface area contributed by atoms with Crippen LogP contribution in [-0.2, 0) is 27.8 Å². The van der Waals surface area contributed by atoms with E-state index in [0.29, 0.717) is 37.3 Å². The van der Waals surface area contributed by atoms with Crippen molar-refractivity contribution in [2.75, 3.05) is 18.4 Å². The van der Waals surface area contributed by atoms with E-state index in [0.717, 1.165) is 54.0 Å². The van der Waals surface area contributed by atoms with Crippen LogP contribution in [0.1, 0.15) is 59.5 Å². The third-order valence-corrected chi connectivity index (χ3v) is 9.22. The number of fused-ring (bicyclic) bond motifs is 3. The van der Waals surface area contributed by atoms with Gasteiger partial charge in [-0.15, -0.1) is 0 Å². The zero-order valence-electron chi connectivity index (χ0n) is 22.1. The molecular weight excluding hydrogens is 510 g/mol. The standard InChI is InChI=1S/C32H30F2N4O2/c33-24-14-22(15-25(34)16-24)27-19-36-32(9-1-2-10-32)30(40)38(27)12-4-5-20-7-8-21-17-31(18-23(21)13-20)26-6-3-11-35-28(26)37-29(31)39/h3-8,11,13-16,27,36H,1-2,9-10,12,17-19H2,(H,35,37,39)/b5-4+/t27-,31+/m0/s1. The van der Waals surface area contributed by atoms with Crippen molar-refractivity contribution in [3.8, 4) is 0 Å². The summed E-state index contributed by atoms with van der Waals surface area (Å²) in [6, 6.07) is 13.1. The van der Waals surface area contributed by atoms with E-state index in [1.165, 1.54) is 12.1 Å². The van der Waals surface area contributed by atoms with Crippen LogP contribution in [0.4, 0.5) is 14.6 Å². The lowest BCUT2D eigenvalue weighted by atomic mass is 9.79. The molecule has 2 atom stereocenters. The fraction of sp³-hybridized carbons (Fsp3) is 0.344. The van der Waals surface area contributed by atoms with Crippen LogP contribution in [0, 0.1) is 11.6 Å². The zero-order valence-corrected chi connectivity index (χ0v) is 22.1. The van der Waals surface area contributed by atoms with Crippen molar-refractivity contribution in [2.24, 2.45) is 0 Å². The number of pyridine rings is 1. The van der Waals surface area contributed by atoms with Gasteiger partial charge in [-0.25, -0.2) is 13.8 Å². The van der Waals surface area contributed by atoms with Crippen LogP contribution < -0.4 is 10.6 Å². The van der Waals surface area contributed by atoms with E-state index in [2.05, 4.69) is 27.8 Å². The molecule has 2 N–H and O–H groups in total. The van der Waals surface area contributed by atoms with Crippen LogP contribution in [0.25, 0.3) is 6.08 Å². The Balaban J connectivity index is 1.14. The first kappa shape index (κ1) is 25.1. The Kier molecular flexibility index (Phi) is 5.85. The van der Waals surface area contributed by atoms with Gasteiger partial charge in [0.2, 0.25) is 11.8 Å². The lowest BCUT2D eigenvalue weighted by Crippen LogP contribution is -2.63. The molecule has 2 fully saturated rings. The predicted octanol–water partition coefficient (Wildman–Crippen LogP) is 4.85. The molecule has 2 aliphatic carbocycles. The Morgan fingerprint density at radius 3 is 2.58 bits per heavy atom. The topological polar surface area (TPSA) is 74.3 Å². The van der Waals surface area contributed by atoms with Gasteiger partial charge in [0, 0.05) is 30.9 Å². The highest BCUT2D eigenvalue weighted by molar-refractivity contribution is 6.06. The smallest absolute Gasteiger partial charge is 0.243 e. The van der Waals surface area contributed by atoms with Gasteiger partial charge in [-0.1, -0.05) is 49.3 Å². The molecule has 8 heteroatoms. The molecule has 1 aromatic heterocycles. The van der Waals surface area contributed by atoms with Gasteiger partial charge >= 0.3 is 0 Å². The molecule has 0 bridgehead atoms. The molecule has 7 rings (SSSR count). The first-order chi connectivity index (χ1) is 19.4. The molecule has 0 radical (unpaired) electrons. The highest BCUT2D eigenvalue weighted by atomic mass is 19.1. The van der Waals surface area contributed by atoms with Crippen LogP contribution in [0.2, 0.25) is 0 Å². The van der Waals surface area contributed by atoms with Crippen molar-refractivity contribution in [2.45, 2.75) is 55.5 Å². The first-order valence-corrected chi connectivity index (χ1v) is 13.9. The average Bonchev–Trinajstić information content (AvgIpc) is 3.63. The Hall–Kier alpha value is -3.91. The molecule has 4 aliphatic rings. The highest BCUT2D eigenvalue weighted by Crippen LogP contribution is 2.46. The molecule has 6 nitrogen and oxygen atoms in total. The predicted molar refractivity (Wildman–Crippen MR) is 147 cm³/mol. The molecule has 1 saturated heterocycles. The van der Waals surface area contributed by atoms with E-state index in [4.69, 9.17) is 0 Å². The second-order valence-electron chi connectivity index (χ2n) is 11.6. The van der Waals surface area contributed by atoms with Gasteiger partial charge in [-0.2, -0.15) is 0 Å². The minimum Gasteiger partial charge on any atom is -0.329 e. The van der Waals surface area contributed by atoms with Crippen LogP contribution in [0.5, 0.6) is 0 Å². The normalized spacial score (nSPS) is 24.8.